The molecule has 1 aliphatic carbocycles. The highest BCUT2D eigenvalue weighted by Crippen LogP contribution is 2.23. The summed E-state index contributed by atoms with van der Waals surface area (Å²) < 4.78 is 0. The minimum absolute atomic E-state index is 0.0942. The molecule has 4 heteroatoms. The van der Waals surface area contributed by atoms with Crippen molar-refractivity contribution in [3.63, 3.8) is 0 Å². The second-order valence-electron chi connectivity index (χ2n) is 12.3. The zero-order valence-electron chi connectivity index (χ0n) is 26.2. The number of amides is 2. The Labute approximate surface area is 243 Å². The van der Waals surface area contributed by atoms with Crippen LogP contribution >= 0.6 is 0 Å². The average Bonchev–Trinajstić information content (AvgIpc) is 2.93. The van der Waals surface area contributed by atoms with Crippen molar-refractivity contribution in [2.75, 3.05) is 0 Å². The van der Waals surface area contributed by atoms with Gasteiger partial charge in [-0.1, -0.05) is 135 Å². The Morgan fingerprint density at radius 1 is 0.667 bits per heavy atom. The summed E-state index contributed by atoms with van der Waals surface area (Å²) in [7, 11) is 0. The van der Waals surface area contributed by atoms with Crippen LogP contribution in [0, 0.1) is 5.92 Å². The number of carbonyl (C=O) groups excluding carboxylic acids is 2. The lowest BCUT2D eigenvalue weighted by molar-refractivity contribution is -0.128. The van der Waals surface area contributed by atoms with Crippen LogP contribution in [0.25, 0.3) is 0 Å². The van der Waals surface area contributed by atoms with E-state index in [1.54, 1.807) is 0 Å². The summed E-state index contributed by atoms with van der Waals surface area (Å²) in [6.07, 6.45) is 32.4. The van der Waals surface area contributed by atoms with Crippen LogP contribution in [0.1, 0.15) is 181 Å². The molecule has 0 saturated heterocycles. The maximum Gasteiger partial charge on any atom is 0.223 e. The number of carbonyl (C=O) groups is 2. The van der Waals surface area contributed by atoms with Gasteiger partial charge < -0.3 is 10.6 Å². The first-order valence-corrected chi connectivity index (χ1v) is 17.3. The lowest BCUT2D eigenvalue weighted by atomic mass is 9.88. The molecule has 1 saturated carbocycles. The zero-order chi connectivity index (χ0) is 28.4. The van der Waals surface area contributed by atoms with Gasteiger partial charge in [0.1, 0.15) is 0 Å². The third-order valence-corrected chi connectivity index (χ3v) is 8.69. The van der Waals surface area contributed by atoms with Gasteiger partial charge in [-0.2, -0.15) is 0 Å². The molecule has 1 fully saturated rings. The van der Waals surface area contributed by atoms with E-state index in [0.717, 1.165) is 70.6 Å². The van der Waals surface area contributed by atoms with E-state index in [1.807, 2.05) is 6.08 Å². The summed E-state index contributed by atoms with van der Waals surface area (Å²) in [5.74, 6) is 0.550. The summed E-state index contributed by atoms with van der Waals surface area (Å²) in [6, 6.07) is 0.189. The molecule has 2 N–H and O–H groups in total. The molecular weight excluding hydrogens is 480 g/mol. The number of unbranched alkanes of at least 4 members (excludes halogenated alkanes) is 16. The van der Waals surface area contributed by atoms with Crippen molar-refractivity contribution in [3.05, 3.63) is 12.7 Å². The van der Waals surface area contributed by atoms with Gasteiger partial charge in [0, 0.05) is 24.4 Å². The third-order valence-electron chi connectivity index (χ3n) is 8.69. The van der Waals surface area contributed by atoms with Gasteiger partial charge in [-0.25, -0.2) is 0 Å². The fraction of sp³-hybridized carbons (Fsp3) is 0.886. The number of nitrogens with one attached hydrogen (secondary N) is 2. The minimum Gasteiger partial charge on any atom is -0.351 e. The van der Waals surface area contributed by atoms with Gasteiger partial charge in [0.25, 0.3) is 0 Å². The molecule has 0 aromatic carbocycles. The first kappa shape index (κ1) is 35.7. The summed E-state index contributed by atoms with van der Waals surface area (Å²) >= 11 is 0. The molecule has 0 spiro atoms. The van der Waals surface area contributed by atoms with Crippen molar-refractivity contribution in [2.45, 2.75) is 193 Å². The Hall–Kier alpha value is -1.32. The van der Waals surface area contributed by atoms with E-state index in [0.29, 0.717) is 6.42 Å². The van der Waals surface area contributed by atoms with Crippen LogP contribution in [0.15, 0.2) is 12.7 Å². The smallest absolute Gasteiger partial charge is 0.223 e. The summed E-state index contributed by atoms with van der Waals surface area (Å²) in [5.41, 5.74) is 0. The van der Waals surface area contributed by atoms with E-state index < -0.39 is 0 Å². The zero-order valence-corrected chi connectivity index (χ0v) is 26.2. The Balaban J connectivity index is 2.46. The van der Waals surface area contributed by atoms with Crippen LogP contribution in [-0.4, -0.2) is 23.9 Å². The van der Waals surface area contributed by atoms with Crippen molar-refractivity contribution in [2.24, 2.45) is 5.92 Å². The molecule has 4 nitrogen and oxygen atoms in total. The number of rotatable bonds is 26. The molecule has 3 atom stereocenters. The van der Waals surface area contributed by atoms with E-state index in [1.165, 1.54) is 89.9 Å². The van der Waals surface area contributed by atoms with Crippen molar-refractivity contribution in [3.8, 4) is 0 Å². The Morgan fingerprint density at radius 2 is 1.13 bits per heavy atom. The van der Waals surface area contributed by atoms with Crippen molar-refractivity contribution in [1.29, 1.82) is 0 Å². The molecule has 1 rings (SSSR count). The van der Waals surface area contributed by atoms with Gasteiger partial charge in [0.05, 0.1) is 0 Å². The molecule has 0 aromatic heterocycles. The number of allylic oxidation sites excluding steroid dienone is 1. The molecule has 0 radical (unpaired) electrons. The predicted molar refractivity (Wildman–Crippen MR) is 169 cm³/mol. The SMILES string of the molecule is C=CCCCCCCCCC(=O)N[C@H]1CCCC[C@@H]1NC(=O)C(CCCCCCC)CCCCCCCCC. The molecule has 39 heavy (non-hydrogen) atoms. The second kappa shape index (κ2) is 25.6. The topological polar surface area (TPSA) is 58.2 Å². The van der Waals surface area contributed by atoms with Gasteiger partial charge in [-0.3, -0.25) is 9.59 Å². The summed E-state index contributed by atoms with van der Waals surface area (Å²) in [4.78, 5) is 26.2. The van der Waals surface area contributed by atoms with E-state index in [9.17, 15) is 9.59 Å². The first-order chi connectivity index (χ1) is 19.1. The Kier molecular flexibility index (Phi) is 23.5. The van der Waals surface area contributed by atoms with Crippen LogP contribution < -0.4 is 10.6 Å². The maximum absolute atomic E-state index is 13.5. The largest absolute Gasteiger partial charge is 0.351 e. The number of hydrogen-bond acceptors (Lipinski definition) is 2. The van der Waals surface area contributed by atoms with Crippen molar-refractivity contribution in [1.82, 2.24) is 10.6 Å². The highest BCUT2D eigenvalue weighted by molar-refractivity contribution is 5.79. The minimum atomic E-state index is 0.0942. The second-order valence-corrected chi connectivity index (χ2v) is 12.3. The molecule has 0 aromatic rings. The van der Waals surface area contributed by atoms with E-state index >= 15 is 0 Å². The summed E-state index contributed by atoms with van der Waals surface area (Å²) in [5, 5.41) is 6.75. The molecule has 0 heterocycles. The van der Waals surface area contributed by atoms with Gasteiger partial charge in [0.15, 0.2) is 0 Å². The molecule has 0 bridgehead atoms. The lowest BCUT2D eigenvalue weighted by Gasteiger charge is -2.34. The first-order valence-electron chi connectivity index (χ1n) is 17.3. The van der Waals surface area contributed by atoms with Crippen LogP contribution in [0.5, 0.6) is 0 Å². The highest BCUT2D eigenvalue weighted by atomic mass is 16.2. The van der Waals surface area contributed by atoms with E-state index in [-0.39, 0.29) is 29.8 Å². The van der Waals surface area contributed by atoms with Gasteiger partial charge >= 0.3 is 0 Å². The molecule has 2 amide bonds. The van der Waals surface area contributed by atoms with Crippen LogP contribution in [-0.2, 0) is 9.59 Å². The van der Waals surface area contributed by atoms with E-state index in [4.69, 9.17) is 0 Å². The quantitative estimate of drug-likeness (QED) is 0.0837. The Morgan fingerprint density at radius 3 is 1.67 bits per heavy atom. The average molecular weight is 547 g/mol. The monoisotopic (exact) mass is 547 g/mol. The van der Waals surface area contributed by atoms with Crippen molar-refractivity contribution < 1.29 is 9.59 Å². The van der Waals surface area contributed by atoms with Gasteiger partial charge in [-0.05, 0) is 44.9 Å². The fourth-order valence-electron chi connectivity index (χ4n) is 6.09. The van der Waals surface area contributed by atoms with Crippen LogP contribution in [0.3, 0.4) is 0 Å². The molecular formula is C35H66N2O2. The third kappa shape index (κ3) is 19.4. The molecule has 228 valence electrons. The van der Waals surface area contributed by atoms with Gasteiger partial charge in [-0.15, -0.1) is 6.58 Å². The molecule has 1 aliphatic rings. The normalized spacial score (nSPS) is 18.0. The fourth-order valence-corrected chi connectivity index (χ4v) is 6.09. The Bertz CT molecular complexity index is 605. The van der Waals surface area contributed by atoms with E-state index in [2.05, 4.69) is 31.1 Å². The number of hydrogen-bond donors (Lipinski definition) is 2. The van der Waals surface area contributed by atoms with Crippen LogP contribution in [0.4, 0.5) is 0 Å². The molecule has 1 unspecified atom stereocenters. The molecule has 0 aliphatic heterocycles. The lowest BCUT2D eigenvalue weighted by Crippen LogP contribution is -2.54. The van der Waals surface area contributed by atoms with Crippen molar-refractivity contribution >= 4 is 11.8 Å². The summed E-state index contributed by atoms with van der Waals surface area (Å²) in [6.45, 7) is 8.30. The predicted octanol–water partition coefficient (Wildman–Crippen LogP) is 9.95. The standard InChI is InChI=1S/C35H66N2O2/c1-4-7-10-13-15-17-20-23-30-34(38)36-32-28-24-25-29-33(32)37-35(39)31(26-21-18-12-9-6-3)27-22-19-16-14-11-8-5-2/h4,31-33H,1,5-30H2,2-3H3,(H,36,38)(H,37,39)/t31?,32-,33-/m0/s1. The van der Waals surface area contributed by atoms with Gasteiger partial charge in [0.2, 0.25) is 11.8 Å². The highest BCUT2D eigenvalue weighted by Gasteiger charge is 2.29. The maximum atomic E-state index is 13.5. The van der Waals surface area contributed by atoms with Crippen LogP contribution in [0.2, 0.25) is 0 Å².